The number of hydrogen-bond acceptors (Lipinski definition) is 4. The molecule has 2 aromatic carbocycles. The van der Waals surface area contributed by atoms with Gasteiger partial charge in [0.2, 0.25) is 5.89 Å². The molecule has 0 aliphatic rings. The summed E-state index contributed by atoms with van der Waals surface area (Å²) < 4.78 is 11.5. The second-order valence-electron chi connectivity index (χ2n) is 6.48. The topological polar surface area (TPSA) is 64.4 Å². The summed E-state index contributed by atoms with van der Waals surface area (Å²) in [7, 11) is 0. The van der Waals surface area contributed by atoms with Gasteiger partial charge in [-0.05, 0) is 56.7 Å². The molecule has 1 heterocycles. The summed E-state index contributed by atoms with van der Waals surface area (Å²) in [4.78, 5) is 16.7. The number of carbonyl (C=O) groups excluding carboxylic acids is 1. The Labute approximate surface area is 159 Å². The maximum absolute atomic E-state index is 12.2. The zero-order valence-corrected chi connectivity index (χ0v) is 15.9. The second-order valence-corrected chi connectivity index (χ2v) is 6.48. The number of oxazole rings is 1. The number of benzene rings is 2. The van der Waals surface area contributed by atoms with Crippen molar-refractivity contribution in [3.05, 3.63) is 71.6 Å². The van der Waals surface area contributed by atoms with Gasteiger partial charge in [0, 0.05) is 17.2 Å². The molecular formula is C22H24N2O3. The number of aryl methyl sites for hydroxylation is 1. The number of amides is 1. The summed E-state index contributed by atoms with van der Waals surface area (Å²) in [6.07, 6.45) is 0.896. The molecule has 0 aliphatic carbocycles. The fourth-order valence-corrected chi connectivity index (χ4v) is 2.53. The minimum absolute atomic E-state index is 0.0727. The van der Waals surface area contributed by atoms with Gasteiger partial charge >= 0.3 is 0 Å². The number of rotatable bonds is 7. The van der Waals surface area contributed by atoms with Crippen LogP contribution in [0.5, 0.6) is 5.75 Å². The smallest absolute Gasteiger partial charge is 0.251 e. The van der Waals surface area contributed by atoms with Crippen molar-refractivity contribution in [3.63, 3.8) is 0 Å². The maximum atomic E-state index is 12.2. The Bertz CT molecular complexity index is 886. The maximum Gasteiger partial charge on any atom is 0.251 e. The van der Waals surface area contributed by atoms with E-state index in [2.05, 4.69) is 10.3 Å². The molecule has 0 saturated carbocycles. The highest BCUT2D eigenvalue weighted by Gasteiger charge is 2.14. The van der Waals surface area contributed by atoms with Gasteiger partial charge in [0.15, 0.2) is 0 Å². The lowest BCUT2D eigenvalue weighted by Crippen LogP contribution is -2.31. The van der Waals surface area contributed by atoms with Crippen molar-refractivity contribution in [2.24, 2.45) is 0 Å². The van der Waals surface area contributed by atoms with E-state index in [0.717, 1.165) is 29.2 Å². The Morgan fingerprint density at radius 2 is 1.85 bits per heavy atom. The minimum Gasteiger partial charge on any atom is -0.487 e. The molecule has 27 heavy (non-hydrogen) atoms. The van der Waals surface area contributed by atoms with Gasteiger partial charge < -0.3 is 14.5 Å². The third kappa shape index (κ3) is 4.76. The van der Waals surface area contributed by atoms with Gasteiger partial charge in [0.05, 0.1) is 0 Å². The van der Waals surface area contributed by atoms with Crippen molar-refractivity contribution in [1.82, 2.24) is 10.3 Å². The van der Waals surface area contributed by atoms with Crippen molar-refractivity contribution >= 4 is 5.91 Å². The summed E-state index contributed by atoms with van der Waals surface area (Å²) in [6.45, 7) is 6.24. The molecule has 5 heteroatoms. The first-order valence-electron chi connectivity index (χ1n) is 9.12. The predicted molar refractivity (Wildman–Crippen MR) is 105 cm³/mol. The minimum atomic E-state index is -0.0727. The molecule has 1 aromatic heterocycles. The summed E-state index contributed by atoms with van der Waals surface area (Å²) >= 11 is 0. The van der Waals surface area contributed by atoms with Gasteiger partial charge in [0.1, 0.15) is 23.8 Å². The van der Waals surface area contributed by atoms with E-state index in [4.69, 9.17) is 9.15 Å². The zero-order valence-electron chi connectivity index (χ0n) is 15.9. The molecule has 0 spiro atoms. The van der Waals surface area contributed by atoms with Crippen LogP contribution in [-0.2, 0) is 6.61 Å². The molecule has 0 radical (unpaired) electrons. The number of para-hydroxylation sites is 1. The van der Waals surface area contributed by atoms with Crippen molar-refractivity contribution in [2.45, 2.75) is 39.8 Å². The molecule has 1 atom stereocenters. The van der Waals surface area contributed by atoms with E-state index in [9.17, 15) is 4.79 Å². The first-order valence-corrected chi connectivity index (χ1v) is 9.12. The molecule has 0 fully saturated rings. The number of nitrogens with zero attached hydrogens (tertiary/aromatic N) is 1. The van der Waals surface area contributed by atoms with Gasteiger partial charge in [0.25, 0.3) is 5.91 Å². The SMILES string of the molecule is CC[C@@H](C)NC(=O)c1ccc(-c2nc(COc3ccccc3)c(C)o2)cc1. The molecule has 0 saturated heterocycles. The van der Waals surface area contributed by atoms with Crippen molar-refractivity contribution in [2.75, 3.05) is 0 Å². The number of aromatic nitrogens is 1. The first kappa shape index (κ1) is 18.7. The lowest BCUT2D eigenvalue weighted by molar-refractivity contribution is 0.0939. The van der Waals surface area contributed by atoms with Crippen LogP contribution < -0.4 is 10.1 Å². The fraction of sp³-hybridized carbons (Fsp3) is 0.273. The van der Waals surface area contributed by atoms with Gasteiger partial charge in [-0.25, -0.2) is 4.98 Å². The van der Waals surface area contributed by atoms with Crippen LogP contribution in [0, 0.1) is 6.92 Å². The molecule has 0 bridgehead atoms. The standard InChI is InChI=1S/C22H24N2O3/c1-4-15(2)23-21(25)17-10-12-18(13-11-17)22-24-20(16(3)27-22)14-26-19-8-6-5-7-9-19/h5-13,15H,4,14H2,1-3H3,(H,23,25)/t15-/m1/s1. The fourth-order valence-electron chi connectivity index (χ4n) is 2.53. The van der Waals surface area contributed by atoms with Crippen LogP contribution >= 0.6 is 0 Å². The highest BCUT2D eigenvalue weighted by Crippen LogP contribution is 2.23. The normalized spacial score (nSPS) is 11.8. The van der Waals surface area contributed by atoms with Crippen LogP contribution in [0.25, 0.3) is 11.5 Å². The van der Waals surface area contributed by atoms with E-state index in [1.807, 2.05) is 63.2 Å². The molecule has 3 aromatic rings. The average Bonchev–Trinajstić information content (AvgIpc) is 3.07. The molecule has 1 amide bonds. The van der Waals surface area contributed by atoms with Crippen LogP contribution in [0.15, 0.2) is 59.0 Å². The van der Waals surface area contributed by atoms with Crippen LogP contribution in [0.4, 0.5) is 0 Å². The summed E-state index contributed by atoms with van der Waals surface area (Å²) in [5.74, 6) is 1.96. The number of nitrogens with one attached hydrogen (secondary N) is 1. The van der Waals surface area contributed by atoms with Crippen LogP contribution in [0.2, 0.25) is 0 Å². The number of ether oxygens (including phenoxy) is 1. The van der Waals surface area contributed by atoms with Gasteiger partial charge in [-0.1, -0.05) is 25.1 Å². The first-order chi connectivity index (χ1) is 13.1. The Balaban J connectivity index is 1.69. The molecule has 5 nitrogen and oxygen atoms in total. The van der Waals surface area contributed by atoms with Crippen LogP contribution in [0.3, 0.4) is 0 Å². The summed E-state index contributed by atoms with van der Waals surface area (Å²) in [6, 6.07) is 17.0. The quantitative estimate of drug-likeness (QED) is 0.657. The van der Waals surface area contributed by atoms with Crippen molar-refractivity contribution in [3.8, 4) is 17.2 Å². The molecule has 1 N–H and O–H groups in total. The molecule has 0 unspecified atom stereocenters. The lowest BCUT2D eigenvalue weighted by Gasteiger charge is -2.11. The van der Waals surface area contributed by atoms with Gasteiger partial charge in [-0.2, -0.15) is 0 Å². The monoisotopic (exact) mass is 364 g/mol. The van der Waals surface area contributed by atoms with E-state index < -0.39 is 0 Å². The molecule has 0 aliphatic heterocycles. The predicted octanol–water partition coefficient (Wildman–Crippen LogP) is 4.76. The Kier molecular flexibility index (Phi) is 5.91. The van der Waals surface area contributed by atoms with E-state index in [1.54, 1.807) is 12.1 Å². The molecular weight excluding hydrogens is 340 g/mol. The van der Waals surface area contributed by atoms with E-state index in [0.29, 0.717) is 18.1 Å². The number of hydrogen-bond donors (Lipinski definition) is 1. The summed E-state index contributed by atoms with van der Waals surface area (Å²) in [5.41, 5.74) is 2.20. The third-order valence-electron chi connectivity index (χ3n) is 4.40. The van der Waals surface area contributed by atoms with Crippen LogP contribution in [-0.4, -0.2) is 16.9 Å². The summed E-state index contributed by atoms with van der Waals surface area (Å²) in [5, 5.41) is 2.96. The third-order valence-corrected chi connectivity index (χ3v) is 4.40. The highest BCUT2D eigenvalue weighted by atomic mass is 16.5. The zero-order chi connectivity index (χ0) is 19.2. The number of carbonyl (C=O) groups is 1. The van der Waals surface area contributed by atoms with E-state index in [-0.39, 0.29) is 11.9 Å². The molecule has 3 rings (SSSR count). The van der Waals surface area contributed by atoms with Crippen LogP contribution in [0.1, 0.15) is 42.1 Å². The van der Waals surface area contributed by atoms with Crippen molar-refractivity contribution < 1.29 is 13.9 Å². The lowest BCUT2D eigenvalue weighted by atomic mass is 10.1. The Morgan fingerprint density at radius 1 is 1.15 bits per heavy atom. The largest absolute Gasteiger partial charge is 0.487 e. The van der Waals surface area contributed by atoms with E-state index >= 15 is 0 Å². The van der Waals surface area contributed by atoms with E-state index in [1.165, 1.54) is 0 Å². The average molecular weight is 364 g/mol. The highest BCUT2D eigenvalue weighted by molar-refractivity contribution is 5.94. The second kappa shape index (κ2) is 8.54. The van der Waals surface area contributed by atoms with Crippen molar-refractivity contribution in [1.29, 1.82) is 0 Å². The Morgan fingerprint density at radius 3 is 2.52 bits per heavy atom. The van der Waals surface area contributed by atoms with Gasteiger partial charge in [-0.15, -0.1) is 0 Å². The Hall–Kier alpha value is -3.08. The molecule has 140 valence electrons. The van der Waals surface area contributed by atoms with Gasteiger partial charge in [-0.3, -0.25) is 4.79 Å².